The summed E-state index contributed by atoms with van der Waals surface area (Å²) in [4.78, 5) is 15.9. The SMILES string of the molecule is CCNCc1ncc(-c2ccc(-c3ccc(-c4cnc(C5CCCN5)[nH]4)cc3)cc2)[nH]1. The second kappa shape index (κ2) is 8.88. The molecule has 4 N–H and O–H groups in total. The molecule has 1 fully saturated rings. The molecular formula is C25H28N6. The quantitative estimate of drug-likeness (QED) is 0.356. The fraction of sp³-hybridized carbons (Fsp3) is 0.280. The first-order chi connectivity index (χ1) is 15.3. The Morgan fingerprint density at radius 3 is 2.06 bits per heavy atom. The molecule has 4 aromatic rings. The van der Waals surface area contributed by atoms with Crippen LogP contribution in [-0.2, 0) is 6.54 Å². The van der Waals surface area contributed by atoms with E-state index >= 15 is 0 Å². The smallest absolute Gasteiger partial charge is 0.123 e. The monoisotopic (exact) mass is 412 g/mol. The van der Waals surface area contributed by atoms with Gasteiger partial charge in [-0.25, -0.2) is 9.97 Å². The number of nitrogens with zero attached hydrogens (tertiary/aromatic N) is 2. The summed E-state index contributed by atoms with van der Waals surface area (Å²) in [6.45, 7) is 4.86. The van der Waals surface area contributed by atoms with Gasteiger partial charge in [0.25, 0.3) is 0 Å². The van der Waals surface area contributed by atoms with E-state index < -0.39 is 0 Å². The average Bonchev–Trinajstić information content (AvgIpc) is 3.59. The predicted molar refractivity (Wildman–Crippen MR) is 124 cm³/mol. The first-order valence-corrected chi connectivity index (χ1v) is 11.0. The maximum atomic E-state index is 4.58. The third kappa shape index (κ3) is 4.31. The maximum absolute atomic E-state index is 4.58. The normalized spacial score (nSPS) is 16.1. The number of hydrogen-bond acceptors (Lipinski definition) is 4. The number of nitrogens with one attached hydrogen (secondary N) is 4. The van der Waals surface area contributed by atoms with E-state index in [4.69, 9.17) is 0 Å². The lowest BCUT2D eigenvalue weighted by Gasteiger charge is -2.06. The molecule has 0 aliphatic carbocycles. The second-order valence-electron chi connectivity index (χ2n) is 8.01. The number of hydrogen-bond donors (Lipinski definition) is 4. The van der Waals surface area contributed by atoms with E-state index in [-0.39, 0.29) is 0 Å². The first-order valence-electron chi connectivity index (χ1n) is 11.0. The van der Waals surface area contributed by atoms with Gasteiger partial charge in [-0.2, -0.15) is 0 Å². The fourth-order valence-corrected chi connectivity index (χ4v) is 4.11. The molecule has 1 aliphatic heterocycles. The molecule has 2 aromatic carbocycles. The zero-order valence-electron chi connectivity index (χ0n) is 17.8. The van der Waals surface area contributed by atoms with E-state index in [1.54, 1.807) is 0 Å². The van der Waals surface area contributed by atoms with Crippen LogP contribution in [0.1, 0.15) is 37.5 Å². The molecule has 0 amide bonds. The van der Waals surface area contributed by atoms with E-state index in [1.807, 2.05) is 12.4 Å². The summed E-state index contributed by atoms with van der Waals surface area (Å²) in [7, 11) is 0. The van der Waals surface area contributed by atoms with Gasteiger partial charge in [0.05, 0.1) is 36.4 Å². The molecule has 6 nitrogen and oxygen atoms in total. The number of aromatic nitrogens is 4. The van der Waals surface area contributed by atoms with E-state index in [9.17, 15) is 0 Å². The summed E-state index contributed by atoms with van der Waals surface area (Å²) in [5, 5.41) is 6.78. The molecule has 158 valence electrons. The average molecular weight is 413 g/mol. The molecule has 5 rings (SSSR count). The Morgan fingerprint density at radius 2 is 1.45 bits per heavy atom. The van der Waals surface area contributed by atoms with Crippen LogP contribution >= 0.6 is 0 Å². The van der Waals surface area contributed by atoms with Crippen molar-refractivity contribution >= 4 is 0 Å². The number of benzene rings is 2. The highest BCUT2D eigenvalue weighted by Crippen LogP contribution is 2.28. The van der Waals surface area contributed by atoms with Gasteiger partial charge in [0.2, 0.25) is 0 Å². The number of rotatable bonds is 7. The highest BCUT2D eigenvalue weighted by atomic mass is 15.0. The molecular weight excluding hydrogens is 384 g/mol. The molecule has 3 heterocycles. The Morgan fingerprint density at radius 1 is 0.839 bits per heavy atom. The Labute approximate surface area is 182 Å². The standard InChI is InChI=1S/C25H28N6/c1-2-26-16-24-28-14-22(30-24)19-9-5-17(6-10-19)18-7-11-20(12-8-18)23-15-29-25(31-23)21-4-3-13-27-21/h5-12,14-15,21,26-27H,2-4,13,16H2,1H3,(H,28,30)(H,29,31). The van der Waals surface area contributed by atoms with Crippen LogP contribution in [-0.4, -0.2) is 33.0 Å². The van der Waals surface area contributed by atoms with Gasteiger partial charge < -0.3 is 20.6 Å². The van der Waals surface area contributed by atoms with Crippen molar-refractivity contribution in [2.45, 2.75) is 32.4 Å². The van der Waals surface area contributed by atoms with Crippen molar-refractivity contribution in [2.75, 3.05) is 13.1 Å². The lowest BCUT2D eigenvalue weighted by atomic mass is 10.0. The molecule has 1 atom stereocenters. The lowest BCUT2D eigenvalue weighted by molar-refractivity contribution is 0.613. The molecule has 2 aromatic heterocycles. The molecule has 1 aliphatic rings. The topological polar surface area (TPSA) is 81.4 Å². The van der Waals surface area contributed by atoms with E-state index in [2.05, 4.69) is 86.0 Å². The molecule has 0 spiro atoms. The Balaban J connectivity index is 1.29. The minimum Gasteiger partial charge on any atom is -0.341 e. The van der Waals surface area contributed by atoms with Crippen LogP contribution in [0.3, 0.4) is 0 Å². The van der Waals surface area contributed by atoms with E-state index in [1.165, 1.54) is 17.5 Å². The van der Waals surface area contributed by atoms with Crippen molar-refractivity contribution < 1.29 is 0 Å². The van der Waals surface area contributed by atoms with Gasteiger partial charge in [-0.05, 0) is 48.2 Å². The summed E-state index contributed by atoms with van der Waals surface area (Å²) >= 11 is 0. The van der Waals surface area contributed by atoms with Gasteiger partial charge in [-0.3, -0.25) is 0 Å². The molecule has 1 unspecified atom stereocenters. The highest BCUT2D eigenvalue weighted by Gasteiger charge is 2.19. The Hall–Kier alpha value is -3.22. The Kier molecular flexibility index (Phi) is 5.65. The second-order valence-corrected chi connectivity index (χ2v) is 8.01. The summed E-state index contributed by atoms with van der Waals surface area (Å²) in [6.07, 6.45) is 6.20. The van der Waals surface area contributed by atoms with E-state index in [0.29, 0.717) is 6.04 Å². The zero-order valence-corrected chi connectivity index (χ0v) is 17.8. The number of imidazole rings is 2. The largest absolute Gasteiger partial charge is 0.341 e. The molecule has 0 radical (unpaired) electrons. The van der Waals surface area contributed by atoms with Gasteiger partial charge in [-0.1, -0.05) is 55.5 Å². The predicted octanol–water partition coefficient (Wildman–Crippen LogP) is 4.67. The van der Waals surface area contributed by atoms with Crippen LogP contribution in [0.15, 0.2) is 60.9 Å². The van der Waals surface area contributed by atoms with Crippen LogP contribution in [0.2, 0.25) is 0 Å². The zero-order chi connectivity index (χ0) is 21.0. The Bertz CT molecular complexity index is 1120. The third-order valence-electron chi connectivity index (χ3n) is 5.88. The first kappa shape index (κ1) is 19.7. The third-order valence-corrected chi connectivity index (χ3v) is 5.88. The van der Waals surface area contributed by atoms with Gasteiger partial charge in [0.1, 0.15) is 11.6 Å². The number of aromatic amines is 2. The summed E-state index contributed by atoms with van der Waals surface area (Å²) in [5.74, 6) is 2.00. The lowest BCUT2D eigenvalue weighted by Crippen LogP contribution is -2.14. The fourth-order valence-electron chi connectivity index (χ4n) is 4.11. The van der Waals surface area contributed by atoms with Crippen molar-refractivity contribution in [3.05, 3.63) is 72.6 Å². The van der Waals surface area contributed by atoms with E-state index in [0.717, 1.165) is 60.2 Å². The van der Waals surface area contributed by atoms with Gasteiger partial charge >= 0.3 is 0 Å². The summed E-state index contributed by atoms with van der Waals surface area (Å²) in [5.41, 5.74) is 6.80. The van der Waals surface area contributed by atoms with Crippen molar-refractivity contribution in [1.82, 2.24) is 30.6 Å². The summed E-state index contributed by atoms with van der Waals surface area (Å²) < 4.78 is 0. The molecule has 1 saturated heterocycles. The van der Waals surface area contributed by atoms with Crippen molar-refractivity contribution in [3.8, 4) is 33.6 Å². The number of H-pyrrole nitrogens is 2. The van der Waals surface area contributed by atoms with Gasteiger partial charge in [-0.15, -0.1) is 0 Å². The highest BCUT2D eigenvalue weighted by molar-refractivity contribution is 5.71. The van der Waals surface area contributed by atoms with Crippen LogP contribution in [0.4, 0.5) is 0 Å². The van der Waals surface area contributed by atoms with Crippen LogP contribution in [0.25, 0.3) is 33.6 Å². The molecule has 31 heavy (non-hydrogen) atoms. The van der Waals surface area contributed by atoms with Crippen LogP contribution in [0, 0.1) is 0 Å². The molecule has 6 heteroatoms. The van der Waals surface area contributed by atoms with Crippen molar-refractivity contribution in [2.24, 2.45) is 0 Å². The minimum absolute atomic E-state index is 0.361. The van der Waals surface area contributed by atoms with Crippen molar-refractivity contribution in [1.29, 1.82) is 0 Å². The van der Waals surface area contributed by atoms with Crippen LogP contribution < -0.4 is 10.6 Å². The van der Waals surface area contributed by atoms with Crippen LogP contribution in [0.5, 0.6) is 0 Å². The summed E-state index contributed by atoms with van der Waals surface area (Å²) in [6, 6.07) is 17.6. The molecule has 0 saturated carbocycles. The van der Waals surface area contributed by atoms with Gasteiger partial charge in [0, 0.05) is 0 Å². The maximum Gasteiger partial charge on any atom is 0.123 e. The molecule has 0 bridgehead atoms. The van der Waals surface area contributed by atoms with Gasteiger partial charge in [0.15, 0.2) is 0 Å². The van der Waals surface area contributed by atoms with Crippen molar-refractivity contribution in [3.63, 3.8) is 0 Å². The minimum atomic E-state index is 0.361.